The Morgan fingerprint density at radius 3 is 2.67 bits per heavy atom. The van der Waals surface area contributed by atoms with Crippen molar-refractivity contribution < 1.29 is 29.6 Å². The zero-order valence-corrected chi connectivity index (χ0v) is 13.6. The number of aromatic hydroxyl groups is 2. The van der Waals surface area contributed by atoms with Gasteiger partial charge in [-0.15, -0.1) is 0 Å². The van der Waals surface area contributed by atoms with Gasteiger partial charge in [-0.25, -0.2) is 4.79 Å². The van der Waals surface area contributed by atoms with Gasteiger partial charge in [0.25, 0.3) is 0 Å². The van der Waals surface area contributed by atoms with Crippen LogP contribution >= 0.6 is 0 Å². The molecule has 6 nitrogen and oxygen atoms in total. The number of ether oxygens (including phenoxy) is 1. The fourth-order valence-electron chi connectivity index (χ4n) is 2.59. The van der Waals surface area contributed by atoms with E-state index in [-0.39, 0.29) is 35.7 Å². The fourth-order valence-corrected chi connectivity index (χ4v) is 2.59. The van der Waals surface area contributed by atoms with Crippen molar-refractivity contribution in [2.45, 2.75) is 51.2 Å². The van der Waals surface area contributed by atoms with Crippen molar-refractivity contribution in [3.8, 4) is 11.5 Å². The van der Waals surface area contributed by atoms with E-state index < -0.39 is 18.2 Å². The van der Waals surface area contributed by atoms with E-state index in [0.29, 0.717) is 24.8 Å². The SMILES string of the molecule is C[C@@H]1OC(=O)c2c(O)cc(O)cc2/C=C/CCCC(=O)CC[C@@H]1O. The number of Topliss-reactive ketones (excluding diaryl/α,β-unsaturated/α-hetero) is 1. The molecule has 2 atom stereocenters. The number of allylic oxidation sites excluding steroid dienone is 1. The van der Waals surface area contributed by atoms with Gasteiger partial charge in [-0.1, -0.05) is 12.2 Å². The highest BCUT2D eigenvalue weighted by atomic mass is 16.6. The topological polar surface area (TPSA) is 104 Å². The van der Waals surface area contributed by atoms with E-state index in [0.717, 1.165) is 6.07 Å². The number of aliphatic hydroxyl groups is 1. The smallest absolute Gasteiger partial charge is 0.342 e. The lowest BCUT2D eigenvalue weighted by molar-refractivity contribution is -0.120. The van der Waals surface area contributed by atoms with Crippen LogP contribution in [0.15, 0.2) is 18.2 Å². The van der Waals surface area contributed by atoms with Crippen molar-refractivity contribution in [2.24, 2.45) is 0 Å². The normalized spacial score (nSPS) is 24.6. The average Bonchev–Trinajstić information content (AvgIpc) is 2.50. The summed E-state index contributed by atoms with van der Waals surface area (Å²) in [6, 6.07) is 2.42. The van der Waals surface area contributed by atoms with Crippen molar-refractivity contribution in [3.63, 3.8) is 0 Å². The predicted octanol–water partition coefficient (Wildman–Crippen LogP) is 2.55. The highest BCUT2D eigenvalue weighted by molar-refractivity contribution is 5.97. The first-order valence-electron chi connectivity index (χ1n) is 8.01. The third-order valence-electron chi connectivity index (χ3n) is 4.01. The van der Waals surface area contributed by atoms with Crippen molar-refractivity contribution in [2.75, 3.05) is 0 Å². The number of esters is 1. The number of rotatable bonds is 0. The van der Waals surface area contributed by atoms with Crippen LogP contribution in [0.5, 0.6) is 11.5 Å². The largest absolute Gasteiger partial charge is 0.508 e. The quantitative estimate of drug-likeness (QED) is 0.630. The Hall–Kier alpha value is -2.34. The standard InChI is InChI=1S/C18H22O6/c1-11-15(21)8-7-13(19)6-4-2-3-5-12-9-14(20)10-16(22)17(12)18(23)24-11/h3,5,9-11,15,20-22H,2,4,6-8H2,1H3/b5-3+/t11-,15-/m0/s1. The lowest BCUT2D eigenvalue weighted by Gasteiger charge is -2.20. The summed E-state index contributed by atoms with van der Waals surface area (Å²) in [6.07, 6.45) is 3.76. The molecule has 0 aromatic heterocycles. The maximum absolute atomic E-state index is 12.4. The van der Waals surface area contributed by atoms with Crippen molar-refractivity contribution in [1.29, 1.82) is 0 Å². The molecule has 1 heterocycles. The molecule has 0 unspecified atom stereocenters. The van der Waals surface area contributed by atoms with Gasteiger partial charge < -0.3 is 20.1 Å². The molecule has 0 radical (unpaired) electrons. The van der Waals surface area contributed by atoms with E-state index in [9.17, 15) is 24.9 Å². The minimum absolute atomic E-state index is 0.0590. The molecule has 3 N–H and O–H groups in total. The maximum atomic E-state index is 12.4. The zero-order valence-electron chi connectivity index (χ0n) is 13.6. The highest BCUT2D eigenvalue weighted by Crippen LogP contribution is 2.30. The molecule has 0 saturated heterocycles. The second kappa shape index (κ2) is 7.97. The van der Waals surface area contributed by atoms with Gasteiger partial charge >= 0.3 is 5.97 Å². The Balaban J connectivity index is 2.36. The molecule has 24 heavy (non-hydrogen) atoms. The van der Waals surface area contributed by atoms with Crippen LogP contribution in [0.25, 0.3) is 6.08 Å². The maximum Gasteiger partial charge on any atom is 0.342 e. The molecule has 0 bridgehead atoms. The molecular formula is C18H22O6. The third kappa shape index (κ3) is 4.58. The summed E-state index contributed by atoms with van der Waals surface area (Å²) in [5, 5.41) is 29.7. The Morgan fingerprint density at radius 1 is 1.17 bits per heavy atom. The van der Waals surface area contributed by atoms with Crippen LogP contribution < -0.4 is 0 Å². The number of phenolic OH excluding ortho intramolecular Hbond substituents is 2. The molecule has 1 aliphatic rings. The lowest BCUT2D eigenvalue weighted by Crippen LogP contribution is -2.29. The first-order chi connectivity index (χ1) is 11.4. The van der Waals surface area contributed by atoms with Crippen LogP contribution in [-0.4, -0.2) is 39.3 Å². The number of cyclic esters (lactones) is 1. The Labute approximate surface area is 140 Å². The van der Waals surface area contributed by atoms with Gasteiger partial charge in [-0.3, -0.25) is 4.79 Å². The number of carbonyl (C=O) groups is 2. The van der Waals surface area contributed by atoms with Crippen molar-refractivity contribution in [3.05, 3.63) is 29.3 Å². The van der Waals surface area contributed by atoms with E-state index in [1.807, 2.05) is 0 Å². The Morgan fingerprint density at radius 2 is 1.92 bits per heavy atom. The number of aliphatic hydroxyl groups excluding tert-OH is 1. The number of hydrogen-bond donors (Lipinski definition) is 3. The summed E-state index contributed by atoms with van der Waals surface area (Å²) in [5.74, 6) is -1.28. The van der Waals surface area contributed by atoms with E-state index >= 15 is 0 Å². The Bertz CT molecular complexity index is 649. The van der Waals surface area contributed by atoms with Crippen molar-refractivity contribution in [1.82, 2.24) is 0 Å². The minimum Gasteiger partial charge on any atom is -0.508 e. The van der Waals surface area contributed by atoms with Crippen LogP contribution in [0, 0.1) is 0 Å². The summed E-state index contributed by atoms with van der Waals surface area (Å²) in [7, 11) is 0. The molecule has 130 valence electrons. The van der Waals surface area contributed by atoms with Crippen LogP contribution in [0.1, 0.15) is 54.9 Å². The first kappa shape index (κ1) is 18.0. The summed E-state index contributed by atoms with van der Waals surface area (Å²) in [4.78, 5) is 24.1. The molecule has 6 heteroatoms. The second-order valence-electron chi connectivity index (χ2n) is 5.98. The summed E-state index contributed by atoms with van der Waals surface area (Å²) < 4.78 is 5.21. The average molecular weight is 334 g/mol. The monoisotopic (exact) mass is 334 g/mol. The lowest BCUT2D eigenvalue weighted by atomic mass is 10.0. The molecule has 0 fully saturated rings. The molecule has 2 rings (SSSR count). The number of fused-ring (bicyclic) bond motifs is 1. The van der Waals surface area contributed by atoms with Gasteiger partial charge in [0.2, 0.25) is 0 Å². The fraction of sp³-hybridized carbons (Fsp3) is 0.444. The van der Waals surface area contributed by atoms with Crippen LogP contribution in [-0.2, 0) is 9.53 Å². The van der Waals surface area contributed by atoms with Crippen LogP contribution in [0.3, 0.4) is 0 Å². The number of phenols is 2. The van der Waals surface area contributed by atoms with Crippen molar-refractivity contribution >= 4 is 17.8 Å². The van der Waals surface area contributed by atoms with Gasteiger partial charge in [0.15, 0.2) is 0 Å². The van der Waals surface area contributed by atoms with E-state index in [4.69, 9.17) is 4.74 Å². The number of ketones is 1. The minimum atomic E-state index is -0.959. The van der Waals surface area contributed by atoms with Gasteiger partial charge in [-0.2, -0.15) is 0 Å². The number of hydrogen-bond acceptors (Lipinski definition) is 6. The van der Waals surface area contributed by atoms with Gasteiger partial charge in [0, 0.05) is 18.9 Å². The highest BCUT2D eigenvalue weighted by Gasteiger charge is 2.24. The van der Waals surface area contributed by atoms with E-state index in [1.54, 1.807) is 12.2 Å². The third-order valence-corrected chi connectivity index (χ3v) is 4.01. The van der Waals surface area contributed by atoms with Gasteiger partial charge in [-0.05, 0) is 37.8 Å². The van der Waals surface area contributed by atoms with E-state index in [2.05, 4.69) is 0 Å². The summed E-state index contributed by atoms with van der Waals surface area (Å²) >= 11 is 0. The van der Waals surface area contributed by atoms with Crippen LogP contribution in [0.4, 0.5) is 0 Å². The van der Waals surface area contributed by atoms with Crippen LogP contribution in [0.2, 0.25) is 0 Å². The first-order valence-corrected chi connectivity index (χ1v) is 8.01. The molecule has 0 spiro atoms. The predicted molar refractivity (Wildman–Crippen MR) is 87.8 cm³/mol. The summed E-state index contributed by atoms with van der Waals surface area (Å²) in [6.45, 7) is 1.53. The molecule has 0 saturated carbocycles. The van der Waals surface area contributed by atoms with Gasteiger partial charge in [0.1, 0.15) is 28.9 Å². The zero-order chi connectivity index (χ0) is 17.7. The Kier molecular flexibility index (Phi) is 5.98. The number of carbonyl (C=O) groups excluding carboxylic acids is 2. The molecule has 1 aliphatic heterocycles. The summed E-state index contributed by atoms with van der Waals surface area (Å²) in [5.41, 5.74) is 0.263. The number of benzene rings is 1. The molecule has 0 amide bonds. The molecular weight excluding hydrogens is 312 g/mol. The van der Waals surface area contributed by atoms with Gasteiger partial charge in [0.05, 0.1) is 6.10 Å². The molecule has 1 aromatic rings. The van der Waals surface area contributed by atoms with E-state index in [1.165, 1.54) is 13.0 Å². The molecule has 0 aliphatic carbocycles. The second-order valence-corrected chi connectivity index (χ2v) is 5.98. The molecule has 1 aromatic carbocycles.